The van der Waals surface area contributed by atoms with E-state index in [0.29, 0.717) is 28.2 Å². The Bertz CT molecular complexity index is 903. The first kappa shape index (κ1) is 18.0. The maximum atomic E-state index is 10.1. The van der Waals surface area contributed by atoms with Gasteiger partial charge in [-0.25, -0.2) is 0 Å². The molecule has 0 amide bonds. The number of thioether (sulfide) groups is 1. The molecule has 6 nitrogen and oxygen atoms in total. The summed E-state index contributed by atoms with van der Waals surface area (Å²) in [6.45, 7) is 2.12. The second-order valence-corrected chi connectivity index (χ2v) is 6.57. The molecular formula is C19H17N3O3S. The lowest BCUT2D eigenvalue weighted by atomic mass is 10.1. The SMILES string of the molecule is Cc1ccccc1-c1nnc(SCC(O)COc2ccc(C#N)cc2)o1. The molecule has 0 aliphatic rings. The van der Waals surface area contributed by atoms with Crippen LogP contribution in [0, 0.1) is 18.3 Å². The van der Waals surface area contributed by atoms with E-state index >= 15 is 0 Å². The molecule has 132 valence electrons. The number of aromatic nitrogens is 2. The minimum atomic E-state index is -0.690. The molecule has 1 N–H and O–H groups in total. The monoisotopic (exact) mass is 367 g/mol. The maximum absolute atomic E-state index is 10.1. The van der Waals surface area contributed by atoms with Gasteiger partial charge in [0.25, 0.3) is 5.22 Å². The van der Waals surface area contributed by atoms with Gasteiger partial charge in [-0.1, -0.05) is 30.0 Å². The van der Waals surface area contributed by atoms with Crippen molar-refractivity contribution < 1.29 is 14.3 Å². The largest absolute Gasteiger partial charge is 0.491 e. The fraction of sp³-hybridized carbons (Fsp3) is 0.211. The molecule has 1 unspecified atom stereocenters. The molecular weight excluding hydrogens is 350 g/mol. The van der Waals surface area contributed by atoms with Crippen LogP contribution in [0.25, 0.3) is 11.5 Å². The second kappa shape index (κ2) is 8.52. The van der Waals surface area contributed by atoms with Gasteiger partial charge < -0.3 is 14.3 Å². The van der Waals surface area contributed by atoms with Crippen LogP contribution in [0.15, 0.2) is 58.2 Å². The minimum absolute atomic E-state index is 0.137. The number of rotatable bonds is 7. The molecule has 26 heavy (non-hydrogen) atoms. The summed E-state index contributed by atoms with van der Waals surface area (Å²) in [6.07, 6.45) is -0.690. The van der Waals surface area contributed by atoms with Gasteiger partial charge in [0.2, 0.25) is 5.89 Å². The van der Waals surface area contributed by atoms with Crippen molar-refractivity contribution in [3.8, 4) is 23.3 Å². The highest BCUT2D eigenvalue weighted by Crippen LogP contribution is 2.25. The standard InChI is InChI=1S/C19H17N3O3S/c1-13-4-2-3-5-17(13)18-21-22-19(25-18)26-12-15(23)11-24-16-8-6-14(10-20)7-9-16/h2-9,15,23H,11-12H2,1H3. The summed E-state index contributed by atoms with van der Waals surface area (Å²) in [7, 11) is 0. The Morgan fingerprint density at radius 1 is 1.19 bits per heavy atom. The molecule has 0 radical (unpaired) electrons. The number of hydrogen-bond acceptors (Lipinski definition) is 7. The Kier molecular flexibility index (Phi) is 5.89. The fourth-order valence-corrected chi connectivity index (χ4v) is 2.89. The summed E-state index contributed by atoms with van der Waals surface area (Å²) >= 11 is 1.28. The van der Waals surface area contributed by atoms with Gasteiger partial charge in [0.1, 0.15) is 12.4 Å². The molecule has 3 aromatic rings. The topological polar surface area (TPSA) is 92.2 Å². The van der Waals surface area contributed by atoms with E-state index in [-0.39, 0.29) is 6.61 Å². The van der Waals surface area contributed by atoms with Crippen molar-refractivity contribution in [1.82, 2.24) is 10.2 Å². The van der Waals surface area contributed by atoms with E-state index in [1.165, 1.54) is 11.8 Å². The highest BCUT2D eigenvalue weighted by Gasteiger charge is 2.13. The van der Waals surface area contributed by atoms with E-state index in [4.69, 9.17) is 14.4 Å². The molecule has 0 aliphatic carbocycles. The number of ether oxygens (including phenoxy) is 1. The first-order valence-electron chi connectivity index (χ1n) is 7.99. The maximum Gasteiger partial charge on any atom is 0.276 e. The van der Waals surface area contributed by atoms with Gasteiger partial charge >= 0.3 is 0 Å². The first-order chi connectivity index (χ1) is 12.7. The lowest BCUT2D eigenvalue weighted by Gasteiger charge is -2.11. The fourth-order valence-electron chi connectivity index (χ4n) is 2.22. The predicted molar refractivity (Wildman–Crippen MR) is 97.9 cm³/mol. The quantitative estimate of drug-likeness (QED) is 0.639. The molecule has 1 heterocycles. The normalized spacial score (nSPS) is 11.7. The lowest BCUT2D eigenvalue weighted by molar-refractivity contribution is 0.126. The number of nitrogens with zero attached hydrogens (tertiary/aromatic N) is 3. The van der Waals surface area contributed by atoms with E-state index in [1.54, 1.807) is 24.3 Å². The molecule has 0 bridgehead atoms. The molecule has 3 rings (SSSR count). The van der Waals surface area contributed by atoms with Gasteiger partial charge in [0.05, 0.1) is 17.7 Å². The number of aliphatic hydroxyl groups is 1. The van der Waals surface area contributed by atoms with Crippen molar-refractivity contribution in [2.45, 2.75) is 18.3 Å². The van der Waals surface area contributed by atoms with Crippen molar-refractivity contribution in [3.63, 3.8) is 0 Å². The molecule has 1 aromatic heterocycles. The Balaban J connectivity index is 1.49. The molecule has 0 saturated heterocycles. The summed E-state index contributed by atoms with van der Waals surface area (Å²) < 4.78 is 11.2. The Labute approximate surface area is 155 Å². The van der Waals surface area contributed by atoms with Crippen LogP contribution in [0.5, 0.6) is 5.75 Å². The molecule has 0 spiro atoms. The van der Waals surface area contributed by atoms with Gasteiger partial charge in [-0.15, -0.1) is 10.2 Å². The van der Waals surface area contributed by atoms with Crippen LogP contribution >= 0.6 is 11.8 Å². The average Bonchev–Trinajstić information content (AvgIpc) is 3.14. The number of aryl methyl sites for hydroxylation is 1. The zero-order chi connectivity index (χ0) is 18.4. The lowest BCUT2D eigenvalue weighted by Crippen LogP contribution is -2.20. The molecule has 0 saturated carbocycles. The number of nitriles is 1. The second-order valence-electron chi connectivity index (χ2n) is 5.60. The summed E-state index contributed by atoms with van der Waals surface area (Å²) in [5.41, 5.74) is 2.52. The summed E-state index contributed by atoms with van der Waals surface area (Å²) in [4.78, 5) is 0. The average molecular weight is 367 g/mol. The van der Waals surface area contributed by atoms with Crippen molar-refractivity contribution in [2.24, 2.45) is 0 Å². The van der Waals surface area contributed by atoms with Crippen LogP contribution in [0.1, 0.15) is 11.1 Å². The molecule has 1 atom stereocenters. The van der Waals surface area contributed by atoms with Gasteiger partial charge in [0.15, 0.2) is 0 Å². The van der Waals surface area contributed by atoms with Crippen LogP contribution in [0.4, 0.5) is 0 Å². The third-order valence-corrected chi connectivity index (χ3v) is 4.57. The zero-order valence-electron chi connectivity index (χ0n) is 14.1. The Hall–Kier alpha value is -2.82. The third-order valence-electron chi connectivity index (χ3n) is 3.61. The smallest absolute Gasteiger partial charge is 0.276 e. The molecule has 2 aromatic carbocycles. The van der Waals surface area contributed by atoms with E-state index in [9.17, 15) is 5.11 Å². The van der Waals surface area contributed by atoms with Crippen LogP contribution in [-0.4, -0.2) is 33.8 Å². The summed E-state index contributed by atoms with van der Waals surface area (Å²) in [5.74, 6) is 1.44. The molecule has 0 aliphatic heterocycles. The Morgan fingerprint density at radius 2 is 1.96 bits per heavy atom. The summed E-state index contributed by atoms with van der Waals surface area (Å²) in [6, 6.07) is 16.6. The summed E-state index contributed by atoms with van der Waals surface area (Å²) in [5, 5.41) is 27.3. The van der Waals surface area contributed by atoms with Crippen LogP contribution < -0.4 is 4.74 Å². The first-order valence-corrected chi connectivity index (χ1v) is 8.97. The zero-order valence-corrected chi connectivity index (χ0v) is 14.9. The number of aliphatic hydroxyl groups excluding tert-OH is 1. The number of hydrogen-bond donors (Lipinski definition) is 1. The highest BCUT2D eigenvalue weighted by molar-refractivity contribution is 7.99. The van der Waals surface area contributed by atoms with Gasteiger partial charge in [-0.05, 0) is 42.8 Å². The van der Waals surface area contributed by atoms with Crippen LogP contribution in [0.3, 0.4) is 0 Å². The molecule has 7 heteroatoms. The van der Waals surface area contributed by atoms with Gasteiger partial charge in [0, 0.05) is 11.3 Å². The van der Waals surface area contributed by atoms with Gasteiger partial charge in [-0.2, -0.15) is 5.26 Å². The van der Waals surface area contributed by atoms with Crippen molar-refractivity contribution in [1.29, 1.82) is 5.26 Å². The molecule has 0 fully saturated rings. The van der Waals surface area contributed by atoms with E-state index in [2.05, 4.69) is 10.2 Å². The van der Waals surface area contributed by atoms with Crippen molar-refractivity contribution in [2.75, 3.05) is 12.4 Å². The minimum Gasteiger partial charge on any atom is -0.491 e. The van der Waals surface area contributed by atoms with Crippen LogP contribution in [-0.2, 0) is 0 Å². The van der Waals surface area contributed by atoms with E-state index in [1.807, 2.05) is 37.3 Å². The van der Waals surface area contributed by atoms with E-state index < -0.39 is 6.10 Å². The van der Waals surface area contributed by atoms with Crippen molar-refractivity contribution >= 4 is 11.8 Å². The third kappa shape index (κ3) is 4.63. The highest BCUT2D eigenvalue weighted by atomic mass is 32.2. The van der Waals surface area contributed by atoms with E-state index in [0.717, 1.165) is 11.1 Å². The predicted octanol–water partition coefficient (Wildman–Crippen LogP) is 3.45. The van der Waals surface area contributed by atoms with Crippen LogP contribution in [0.2, 0.25) is 0 Å². The Morgan fingerprint density at radius 3 is 2.69 bits per heavy atom. The van der Waals surface area contributed by atoms with Gasteiger partial charge in [-0.3, -0.25) is 0 Å². The van der Waals surface area contributed by atoms with Crippen molar-refractivity contribution in [3.05, 3.63) is 59.7 Å². The number of benzene rings is 2.